The molecule has 2 aromatic heterocycles. The van der Waals surface area contributed by atoms with Crippen molar-refractivity contribution < 1.29 is 47.7 Å². The largest absolute Gasteiger partial charge is 0.493 e. The van der Waals surface area contributed by atoms with E-state index in [1.54, 1.807) is 125 Å². The van der Waals surface area contributed by atoms with Crippen LogP contribution in [0.2, 0.25) is 0 Å². The maximum atomic E-state index is 14.9. The van der Waals surface area contributed by atoms with Gasteiger partial charge in [-0.05, 0) is 162 Å². The molecule has 93 heavy (non-hydrogen) atoms. The van der Waals surface area contributed by atoms with E-state index in [9.17, 15) is 24.0 Å². The minimum atomic E-state index is -1.08. The van der Waals surface area contributed by atoms with Crippen LogP contribution in [0.15, 0.2) is 122 Å². The predicted octanol–water partition coefficient (Wildman–Crippen LogP) is 11.6. The van der Waals surface area contributed by atoms with Crippen LogP contribution in [0, 0.1) is 40.8 Å². The maximum absolute atomic E-state index is 14.9. The second kappa shape index (κ2) is 30.7. The molecule has 0 aliphatic carbocycles. The number of nitrogens with one attached hydrogen (secondary N) is 3. The number of rotatable bonds is 23. The van der Waals surface area contributed by atoms with Crippen molar-refractivity contribution in [3.05, 3.63) is 212 Å². The van der Waals surface area contributed by atoms with Crippen LogP contribution in [-0.4, -0.2) is 106 Å². The van der Waals surface area contributed by atoms with Crippen LogP contribution in [0.1, 0.15) is 124 Å². The molecule has 0 unspecified atom stereocenters. The number of para-hydroxylation sites is 2. The second-order valence-corrected chi connectivity index (χ2v) is 23.4. The van der Waals surface area contributed by atoms with Gasteiger partial charge in [0.05, 0.1) is 83.5 Å². The monoisotopic (exact) mass is 1260 g/mol. The number of aromatic amines is 2. The van der Waals surface area contributed by atoms with Gasteiger partial charge in [0.1, 0.15) is 23.3 Å². The molecule has 0 spiro atoms. The molecular formula is C71H80N12O10. The number of ether oxygens (including phenoxy) is 5. The summed E-state index contributed by atoms with van der Waals surface area (Å²) in [7, 11) is 6.20. The Morgan fingerprint density at radius 2 is 0.957 bits per heavy atom. The number of H-pyrrole nitrogens is 2. The Morgan fingerprint density at radius 3 is 1.33 bits per heavy atom. The molecule has 0 aliphatic heterocycles. The summed E-state index contributed by atoms with van der Waals surface area (Å²) in [6.07, 6.45) is 2.92. The van der Waals surface area contributed by atoms with Gasteiger partial charge in [0.25, 0.3) is 0 Å². The van der Waals surface area contributed by atoms with Gasteiger partial charge in [-0.15, -0.1) is 0 Å². The van der Waals surface area contributed by atoms with Crippen LogP contribution in [0.25, 0.3) is 32.2 Å². The van der Waals surface area contributed by atoms with Crippen LogP contribution >= 0.6 is 0 Å². The summed E-state index contributed by atoms with van der Waals surface area (Å²) in [4.78, 5) is 92.3. The summed E-state index contributed by atoms with van der Waals surface area (Å²) in [5.74, 6) is 1.41. The third-order valence-corrected chi connectivity index (χ3v) is 15.8. The summed E-state index contributed by atoms with van der Waals surface area (Å²) in [6, 6.07) is 29.0. The van der Waals surface area contributed by atoms with Crippen LogP contribution in [0.3, 0.4) is 0 Å². The van der Waals surface area contributed by atoms with E-state index in [-0.39, 0.29) is 31.8 Å². The zero-order chi connectivity index (χ0) is 68.0. The molecule has 22 nitrogen and oxygen atoms in total. The molecule has 0 saturated heterocycles. The van der Waals surface area contributed by atoms with Crippen LogP contribution in [-0.2, 0) is 40.3 Å². The molecule has 484 valence electrons. The molecule has 6 aromatic carbocycles. The highest BCUT2D eigenvalue weighted by molar-refractivity contribution is 5.94. The number of amides is 5. The van der Waals surface area contributed by atoms with Gasteiger partial charge in [0.15, 0.2) is 34.4 Å². The first-order valence-electron chi connectivity index (χ1n) is 29.8. The average molecular weight is 1260 g/mol. The van der Waals surface area contributed by atoms with Crippen molar-refractivity contribution in [1.82, 2.24) is 35.1 Å². The molecule has 9 N–H and O–H groups in total. The number of nitrogens with zero attached hydrogens (tertiary/aromatic N) is 6. The number of methoxy groups -OCH3 is 4. The van der Waals surface area contributed by atoms with E-state index in [1.165, 1.54) is 7.11 Å². The zero-order valence-corrected chi connectivity index (χ0v) is 54.7. The molecule has 0 bridgehead atoms. The van der Waals surface area contributed by atoms with E-state index in [4.69, 9.17) is 54.0 Å². The van der Waals surface area contributed by atoms with Crippen LogP contribution < -0.4 is 41.5 Å². The Balaban J connectivity index is 0.000000266. The van der Waals surface area contributed by atoms with E-state index in [2.05, 4.69) is 34.9 Å². The topological polar surface area (TPSA) is 294 Å². The van der Waals surface area contributed by atoms with Gasteiger partial charge in [-0.1, -0.05) is 60.7 Å². The Kier molecular flexibility index (Phi) is 22.9. The van der Waals surface area contributed by atoms with Gasteiger partial charge >= 0.3 is 6.09 Å². The molecule has 0 radical (unpaired) electrons. The number of imidazole rings is 2. The van der Waals surface area contributed by atoms with Crippen molar-refractivity contribution in [2.45, 2.75) is 118 Å². The van der Waals surface area contributed by atoms with E-state index in [0.29, 0.717) is 74.1 Å². The van der Waals surface area contributed by atoms with Gasteiger partial charge in [-0.2, -0.15) is 0 Å². The highest BCUT2D eigenvalue weighted by Gasteiger charge is 2.35. The van der Waals surface area contributed by atoms with Crippen molar-refractivity contribution in [2.75, 3.05) is 28.4 Å². The van der Waals surface area contributed by atoms with E-state index < -0.39 is 53.6 Å². The third kappa shape index (κ3) is 17.1. The Morgan fingerprint density at radius 1 is 0.570 bits per heavy atom. The number of carbonyl (C=O) groups is 5. The minimum absolute atomic E-state index is 0.103. The number of carbonyl (C=O) groups excluding carboxylic acids is 5. The smallest absolute Gasteiger partial charge is 0.408 e. The standard InChI is InChI=1S/C38H44N6O6.C33H36N6O4/c1-22-16-26(34(39)45)17-23(2)28(22)19-30(43-37(47)50-38(4,5)6)36(46)44(21-25-14-15-32(48-8)33(18-25)49-9)24(3)35-41-20-31(42-35)27-12-10-11-13-29(27)40-7;1-19-13-23(31(35)40)14-20(2)25(19)16-26(34)33(41)39(18-22-11-12-29(42-5)30(15-22)43-6)21(3)32-37-17-28(38-32)24-9-7-8-10-27(24)36-4/h10-18,20,24,30H,19,21H2,1-6,8-9H3,(H2,39,45)(H,41,42)(H,43,47);7-15,17,21,26H,16,18,34H2,1-3,5-6H3,(H2,35,40)(H,37,38)/t24-,30-;21-,26-/m00/s1. The van der Waals surface area contributed by atoms with E-state index >= 15 is 0 Å². The number of benzene rings is 6. The van der Waals surface area contributed by atoms with E-state index in [1.807, 2.05) is 90.1 Å². The Bertz CT molecular complexity index is 4090. The molecule has 2 heterocycles. The molecule has 0 aliphatic rings. The van der Waals surface area contributed by atoms with Crippen LogP contribution in [0.4, 0.5) is 16.2 Å². The van der Waals surface area contributed by atoms with Gasteiger partial charge in [0.2, 0.25) is 23.6 Å². The number of hydrogen-bond acceptors (Lipinski definition) is 13. The summed E-state index contributed by atoms with van der Waals surface area (Å²) in [6.45, 7) is 31.8. The lowest BCUT2D eigenvalue weighted by Crippen LogP contribution is -2.51. The number of hydrogen-bond donors (Lipinski definition) is 6. The summed E-state index contributed by atoms with van der Waals surface area (Å²) < 4.78 is 27.4. The number of alkyl carbamates (subject to hydrolysis) is 1. The highest BCUT2D eigenvalue weighted by Crippen LogP contribution is 2.36. The van der Waals surface area contributed by atoms with Gasteiger partial charge in [0, 0.05) is 41.8 Å². The van der Waals surface area contributed by atoms with Crippen molar-refractivity contribution in [3.63, 3.8) is 0 Å². The zero-order valence-electron chi connectivity index (χ0n) is 54.7. The number of aromatic nitrogens is 4. The van der Waals surface area contributed by atoms with Crippen LogP contribution in [0.5, 0.6) is 23.0 Å². The molecule has 4 atom stereocenters. The third-order valence-electron chi connectivity index (χ3n) is 15.8. The molecule has 0 fully saturated rings. The lowest BCUT2D eigenvalue weighted by Gasteiger charge is -2.33. The average Bonchev–Trinajstić information content (AvgIpc) is 1.82. The lowest BCUT2D eigenvalue weighted by atomic mass is 9.93. The molecule has 5 amide bonds. The SMILES string of the molecule is [C-]#[N+]c1ccccc1-c1cnc([C@H](C)N(Cc2ccc(OC)c(OC)c2)C(=O)[C@@H](N)Cc2c(C)cc(C(N)=O)cc2C)[nH]1.[C-]#[N+]c1ccccc1-c1cnc([C@H](C)N(Cc2ccc(OC)c(OC)c2)C(=O)[C@H](Cc2c(C)cc(C(N)=O)cc2C)NC(=O)OC(C)(C)C)[nH]1. The van der Waals surface area contributed by atoms with E-state index in [0.717, 1.165) is 50.1 Å². The van der Waals surface area contributed by atoms with Gasteiger partial charge < -0.3 is 66.0 Å². The highest BCUT2D eigenvalue weighted by atomic mass is 16.6. The van der Waals surface area contributed by atoms with Crippen molar-refractivity contribution in [2.24, 2.45) is 17.2 Å². The van der Waals surface area contributed by atoms with Crippen molar-refractivity contribution in [1.29, 1.82) is 0 Å². The summed E-state index contributed by atoms with van der Waals surface area (Å²) >= 11 is 0. The minimum Gasteiger partial charge on any atom is -0.493 e. The van der Waals surface area contributed by atoms with Crippen molar-refractivity contribution >= 4 is 41.1 Å². The first-order chi connectivity index (χ1) is 44.2. The normalized spacial score (nSPS) is 12.3. The number of primary amides is 2. The first kappa shape index (κ1) is 69.5. The molecule has 8 aromatic rings. The molecule has 0 saturated carbocycles. The van der Waals surface area contributed by atoms with Gasteiger partial charge in [-0.3, -0.25) is 19.2 Å². The number of nitrogens with two attached hydrogens (primary N) is 3. The Labute approximate surface area is 542 Å². The molecular weight excluding hydrogens is 1180 g/mol. The molecule has 22 heteroatoms. The Hall–Kier alpha value is -11.0. The van der Waals surface area contributed by atoms with Crippen molar-refractivity contribution in [3.8, 4) is 45.5 Å². The van der Waals surface area contributed by atoms with Gasteiger partial charge in [-0.25, -0.2) is 24.5 Å². The lowest BCUT2D eigenvalue weighted by molar-refractivity contribution is -0.137. The fraction of sp³-hybridized carbons (Fsp3) is 0.310. The first-order valence-corrected chi connectivity index (χ1v) is 29.8. The fourth-order valence-electron chi connectivity index (χ4n) is 10.9. The fourth-order valence-corrected chi connectivity index (χ4v) is 10.9. The maximum Gasteiger partial charge on any atom is 0.408 e. The second-order valence-electron chi connectivity index (χ2n) is 23.4. The summed E-state index contributed by atoms with van der Waals surface area (Å²) in [5.41, 5.74) is 27.6. The quantitative estimate of drug-likeness (QED) is 0.0325. The summed E-state index contributed by atoms with van der Waals surface area (Å²) in [5, 5.41) is 2.82. The molecule has 8 rings (SSSR count). The predicted molar refractivity (Wildman–Crippen MR) is 355 cm³/mol. The number of aryl methyl sites for hydroxylation is 4.